The molecule has 6 heteroatoms. The first-order valence-corrected chi connectivity index (χ1v) is 7.76. The Morgan fingerprint density at radius 2 is 2.24 bits per heavy atom. The minimum absolute atomic E-state index is 0.0515. The van der Waals surface area contributed by atoms with E-state index in [9.17, 15) is 4.79 Å². The third kappa shape index (κ3) is 4.82. The number of rotatable bonds is 7. The zero-order valence-corrected chi connectivity index (χ0v) is 12.9. The number of nitrogens with one attached hydrogen (secondary N) is 1. The van der Waals surface area contributed by atoms with Gasteiger partial charge >= 0.3 is 0 Å². The molecule has 0 unspecified atom stereocenters. The highest BCUT2D eigenvalue weighted by Gasteiger charge is 2.15. The second-order valence-electron chi connectivity index (χ2n) is 4.32. The number of hydrogen-bond acceptors (Lipinski definition) is 4. The van der Waals surface area contributed by atoms with Crippen LogP contribution in [0, 0.1) is 0 Å². The quantitative estimate of drug-likeness (QED) is 0.823. The number of carbonyl (C=O) groups excluding carboxylic acids is 1. The van der Waals surface area contributed by atoms with Crippen molar-refractivity contribution in [2.24, 2.45) is 0 Å². The summed E-state index contributed by atoms with van der Waals surface area (Å²) in [6.45, 7) is 0.519. The Kier molecular flexibility index (Phi) is 6.20. The molecule has 2 N–H and O–H groups in total. The van der Waals surface area contributed by atoms with E-state index in [0.717, 1.165) is 4.88 Å². The summed E-state index contributed by atoms with van der Waals surface area (Å²) in [6, 6.07) is 10.6. The smallest absolute Gasteiger partial charge is 0.251 e. The number of halogens is 1. The predicted molar refractivity (Wildman–Crippen MR) is 83.9 cm³/mol. The summed E-state index contributed by atoms with van der Waals surface area (Å²) in [7, 11) is 0. The van der Waals surface area contributed by atoms with Gasteiger partial charge in [-0.15, -0.1) is 11.3 Å². The van der Waals surface area contributed by atoms with Gasteiger partial charge in [-0.05, 0) is 29.6 Å². The van der Waals surface area contributed by atoms with Crippen LogP contribution in [0.15, 0.2) is 41.8 Å². The van der Waals surface area contributed by atoms with Crippen molar-refractivity contribution in [1.82, 2.24) is 5.32 Å². The van der Waals surface area contributed by atoms with E-state index < -0.39 is 0 Å². The van der Waals surface area contributed by atoms with E-state index in [1.807, 2.05) is 17.5 Å². The SMILES string of the molecule is O=C(NC[C@@H](OCCO)c1cccs1)c1cccc(Cl)c1. The lowest BCUT2D eigenvalue weighted by molar-refractivity contribution is 0.0296. The van der Waals surface area contributed by atoms with Crippen LogP contribution in [-0.4, -0.2) is 30.8 Å². The van der Waals surface area contributed by atoms with Crippen molar-refractivity contribution in [2.75, 3.05) is 19.8 Å². The molecule has 0 radical (unpaired) electrons. The fourth-order valence-corrected chi connectivity index (χ4v) is 2.79. The van der Waals surface area contributed by atoms with Crippen LogP contribution < -0.4 is 5.32 Å². The number of aliphatic hydroxyl groups is 1. The molecule has 0 saturated heterocycles. The van der Waals surface area contributed by atoms with E-state index >= 15 is 0 Å². The Morgan fingerprint density at radius 1 is 1.38 bits per heavy atom. The van der Waals surface area contributed by atoms with Crippen LogP contribution >= 0.6 is 22.9 Å². The van der Waals surface area contributed by atoms with Crippen molar-refractivity contribution < 1.29 is 14.6 Å². The molecule has 2 rings (SSSR count). The Labute approximate surface area is 132 Å². The Bertz CT molecular complexity index is 574. The van der Waals surface area contributed by atoms with Crippen molar-refractivity contribution >= 4 is 28.8 Å². The van der Waals surface area contributed by atoms with Gasteiger partial charge in [0.2, 0.25) is 0 Å². The number of carbonyl (C=O) groups is 1. The maximum atomic E-state index is 12.1. The average molecular weight is 326 g/mol. The molecule has 0 spiro atoms. The van der Waals surface area contributed by atoms with E-state index in [1.54, 1.807) is 35.6 Å². The van der Waals surface area contributed by atoms with Gasteiger partial charge in [-0.25, -0.2) is 0 Å². The number of thiophene rings is 1. The normalized spacial score (nSPS) is 12.1. The van der Waals surface area contributed by atoms with Crippen LogP contribution in [-0.2, 0) is 4.74 Å². The highest BCUT2D eigenvalue weighted by Crippen LogP contribution is 2.22. The van der Waals surface area contributed by atoms with Crippen molar-refractivity contribution in [3.63, 3.8) is 0 Å². The molecule has 0 saturated carbocycles. The first-order valence-electron chi connectivity index (χ1n) is 6.50. The minimum Gasteiger partial charge on any atom is -0.394 e. The van der Waals surface area contributed by atoms with E-state index in [4.69, 9.17) is 21.4 Å². The summed E-state index contributed by atoms with van der Waals surface area (Å²) in [5, 5.41) is 14.2. The van der Waals surface area contributed by atoms with Gasteiger partial charge in [-0.1, -0.05) is 23.7 Å². The molecule has 1 atom stereocenters. The summed E-state index contributed by atoms with van der Waals surface area (Å²) in [5.41, 5.74) is 0.509. The van der Waals surface area contributed by atoms with Gasteiger partial charge in [0, 0.05) is 22.0 Å². The molecule has 0 aliphatic rings. The summed E-state index contributed by atoms with van der Waals surface area (Å²) >= 11 is 7.42. The van der Waals surface area contributed by atoms with Crippen molar-refractivity contribution in [1.29, 1.82) is 0 Å². The van der Waals surface area contributed by atoms with E-state index in [1.165, 1.54) is 0 Å². The maximum Gasteiger partial charge on any atom is 0.251 e. The summed E-state index contributed by atoms with van der Waals surface area (Å²) in [5.74, 6) is -0.202. The molecule has 0 aliphatic heterocycles. The van der Waals surface area contributed by atoms with Gasteiger partial charge in [-0.2, -0.15) is 0 Å². The van der Waals surface area contributed by atoms with Crippen molar-refractivity contribution in [3.8, 4) is 0 Å². The Morgan fingerprint density at radius 3 is 2.90 bits per heavy atom. The Hall–Kier alpha value is -1.40. The maximum absolute atomic E-state index is 12.1. The molecule has 1 amide bonds. The van der Waals surface area contributed by atoms with E-state index in [-0.39, 0.29) is 25.2 Å². The first kappa shape index (κ1) is 16.0. The second-order valence-corrected chi connectivity index (χ2v) is 5.73. The number of amides is 1. The molecule has 1 aromatic carbocycles. The molecule has 2 aromatic rings. The third-order valence-electron chi connectivity index (χ3n) is 2.81. The van der Waals surface area contributed by atoms with Gasteiger partial charge < -0.3 is 15.2 Å². The molecule has 1 aromatic heterocycles. The molecule has 0 fully saturated rings. The Balaban J connectivity index is 1.96. The second kappa shape index (κ2) is 8.14. The van der Waals surface area contributed by atoms with Crippen molar-refractivity contribution in [2.45, 2.75) is 6.10 Å². The van der Waals surface area contributed by atoms with Crippen LogP contribution in [0.2, 0.25) is 5.02 Å². The highest BCUT2D eigenvalue weighted by molar-refractivity contribution is 7.10. The summed E-state index contributed by atoms with van der Waals surface area (Å²) < 4.78 is 5.57. The topological polar surface area (TPSA) is 58.6 Å². The molecular weight excluding hydrogens is 310 g/mol. The van der Waals surface area contributed by atoms with Crippen LogP contribution in [0.3, 0.4) is 0 Å². The molecular formula is C15H16ClNO3S. The van der Waals surface area contributed by atoms with Gasteiger partial charge in [0.1, 0.15) is 6.10 Å². The number of aliphatic hydroxyl groups excluding tert-OH is 1. The van der Waals surface area contributed by atoms with Crippen LogP contribution in [0.1, 0.15) is 21.3 Å². The zero-order valence-electron chi connectivity index (χ0n) is 11.3. The molecule has 112 valence electrons. The predicted octanol–water partition coefficient (Wildman–Crippen LogP) is 2.88. The molecule has 1 heterocycles. The van der Waals surface area contributed by atoms with Gasteiger partial charge in [0.25, 0.3) is 5.91 Å². The number of ether oxygens (including phenoxy) is 1. The van der Waals surface area contributed by atoms with Gasteiger partial charge in [0.15, 0.2) is 0 Å². The van der Waals surface area contributed by atoms with Gasteiger partial charge in [-0.3, -0.25) is 4.79 Å². The van der Waals surface area contributed by atoms with Gasteiger partial charge in [0.05, 0.1) is 13.2 Å². The zero-order chi connectivity index (χ0) is 15.1. The van der Waals surface area contributed by atoms with Crippen LogP contribution in [0.4, 0.5) is 0 Å². The third-order valence-corrected chi connectivity index (χ3v) is 4.01. The lowest BCUT2D eigenvalue weighted by atomic mass is 10.2. The average Bonchev–Trinajstić information content (AvgIpc) is 3.01. The van der Waals surface area contributed by atoms with Crippen LogP contribution in [0.5, 0.6) is 0 Å². The highest BCUT2D eigenvalue weighted by atomic mass is 35.5. The monoisotopic (exact) mass is 325 g/mol. The molecule has 0 aliphatic carbocycles. The first-order chi connectivity index (χ1) is 10.2. The number of benzene rings is 1. The number of hydrogen-bond donors (Lipinski definition) is 2. The molecule has 4 nitrogen and oxygen atoms in total. The van der Waals surface area contributed by atoms with Crippen LogP contribution in [0.25, 0.3) is 0 Å². The fraction of sp³-hybridized carbons (Fsp3) is 0.267. The molecule has 0 bridgehead atoms. The minimum atomic E-state index is -0.264. The lowest BCUT2D eigenvalue weighted by Crippen LogP contribution is -2.29. The summed E-state index contributed by atoms with van der Waals surface area (Å²) in [6.07, 6.45) is -0.264. The fourth-order valence-electron chi connectivity index (χ4n) is 1.83. The van der Waals surface area contributed by atoms with Crippen molar-refractivity contribution in [3.05, 3.63) is 57.2 Å². The standard InChI is InChI=1S/C15H16ClNO3S/c16-12-4-1-3-11(9-12)15(19)17-10-13(20-7-6-18)14-5-2-8-21-14/h1-5,8-9,13,18H,6-7,10H2,(H,17,19)/t13-/m1/s1. The van der Waals surface area contributed by atoms with E-state index in [2.05, 4.69) is 5.32 Å². The lowest BCUT2D eigenvalue weighted by Gasteiger charge is -2.17. The molecule has 21 heavy (non-hydrogen) atoms. The van der Waals surface area contributed by atoms with E-state index in [0.29, 0.717) is 17.1 Å². The summed E-state index contributed by atoms with van der Waals surface area (Å²) in [4.78, 5) is 13.1. The largest absolute Gasteiger partial charge is 0.394 e.